The summed E-state index contributed by atoms with van der Waals surface area (Å²) in [7, 11) is 2.83. The van der Waals surface area contributed by atoms with Crippen molar-refractivity contribution in [1.29, 1.82) is 0 Å². The number of esters is 1. The van der Waals surface area contributed by atoms with Crippen molar-refractivity contribution in [3.05, 3.63) is 76.5 Å². The van der Waals surface area contributed by atoms with Crippen molar-refractivity contribution in [2.45, 2.75) is 13.8 Å². The van der Waals surface area contributed by atoms with Gasteiger partial charge in [0.15, 0.2) is 0 Å². The van der Waals surface area contributed by atoms with E-state index in [1.807, 2.05) is 68.4 Å². The summed E-state index contributed by atoms with van der Waals surface area (Å²) in [6.45, 7) is 3.51. The fourth-order valence-corrected chi connectivity index (χ4v) is 4.57. The number of carbonyl (C=O) groups excluding carboxylic acids is 3. The maximum Gasteiger partial charge on any atom is 0.325 e. The van der Waals surface area contributed by atoms with Crippen molar-refractivity contribution < 1.29 is 28.6 Å². The summed E-state index contributed by atoms with van der Waals surface area (Å²) in [6, 6.07) is 17.0. The van der Waals surface area contributed by atoms with Crippen molar-refractivity contribution in [3.63, 3.8) is 0 Å². The molecule has 1 saturated heterocycles. The number of aromatic nitrogens is 1. The fourth-order valence-electron chi connectivity index (χ4n) is 3.75. The van der Waals surface area contributed by atoms with Gasteiger partial charge >= 0.3 is 5.97 Å². The van der Waals surface area contributed by atoms with E-state index in [-0.39, 0.29) is 4.91 Å². The second kappa shape index (κ2) is 10.1. The van der Waals surface area contributed by atoms with Crippen LogP contribution in [0.4, 0.5) is 4.79 Å². The van der Waals surface area contributed by atoms with Gasteiger partial charge in [0.1, 0.15) is 23.8 Å². The zero-order valence-corrected chi connectivity index (χ0v) is 20.5. The van der Waals surface area contributed by atoms with Crippen LogP contribution >= 0.6 is 11.8 Å². The minimum Gasteiger partial charge on any atom is -0.497 e. The van der Waals surface area contributed by atoms with Crippen molar-refractivity contribution >= 4 is 35.0 Å². The number of ether oxygens (including phenoxy) is 3. The predicted molar refractivity (Wildman–Crippen MR) is 133 cm³/mol. The lowest BCUT2D eigenvalue weighted by atomic mass is 10.2. The molecule has 9 heteroatoms. The molecule has 1 aromatic heterocycles. The highest BCUT2D eigenvalue weighted by molar-refractivity contribution is 8.18. The fraction of sp³-hybridized carbons (Fsp3) is 0.192. The van der Waals surface area contributed by atoms with Crippen LogP contribution < -0.4 is 9.47 Å². The van der Waals surface area contributed by atoms with Gasteiger partial charge in [0.2, 0.25) is 0 Å². The van der Waals surface area contributed by atoms with E-state index in [2.05, 4.69) is 9.30 Å². The molecule has 0 bridgehead atoms. The molecule has 35 heavy (non-hydrogen) atoms. The van der Waals surface area contributed by atoms with Gasteiger partial charge in [0.05, 0.1) is 19.1 Å². The number of amides is 2. The lowest BCUT2D eigenvalue weighted by Gasteiger charge is -2.12. The standard InChI is InChI=1S/C26H24N2O6S/c1-16-13-18(14-23-25(30)27(26(31)35-23)15-24(29)33-4)17(2)28(16)19-5-7-21(8-6-19)34-22-11-9-20(32-3)10-12-22/h5-14H,15H2,1-4H3/b23-14-. The SMILES string of the molecule is COC(=O)CN1C(=O)S/C(=C\c2cc(C)n(-c3ccc(Oc4ccc(OC)cc4)cc3)c2C)C1=O. The Balaban J connectivity index is 1.54. The third-order valence-corrected chi connectivity index (χ3v) is 6.44. The Bertz CT molecular complexity index is 1310. The second-order valence-corrected chi connectivity index (χ2v) is 8.77. The van der Waals surface area contributed by atoms with E-state index < -0.39 is 23.7 Å². The predicted octanol–water partition coefficient (Wildman–Crippen LogP) is 5.10. The smallest absolute Gasteiger partial charge is 0.325 e. The molecule has 0 radical (unpaired) electrons. The maximum absolute atomic E-state index is 12.6. The van der Waals surface area contributed by atoms with Gasteiger partial charge in [-0.3, -0.25) is 19.3 Å². The molecular weight excluding hydrogens is 468 g/mol. The minimum atomic E-state index is -0.647. The highest BCUT2D eigenvalue weighted by Crippen LogP contribution is 2.34. The number of rotatable bonds is 7. The second-order valence-electron chi connectivity index (χ2n) is 7.78. The molecule has 0 aliphatic carbocycles. The van der Waals surface area contributed by atoms with E-state index in [1.54, 1.807) is 13.2 Å². The number of aryl methyl sites for hydroxylation is 1. The third kappa shape index (κ3) is 5.09. The molecule has 1 aliphatic rings. The molecule has 3 aromatic rings. The first-order chi connectivity index (χ1) is 16.8. The lowest BCUT2D eigenvalue weighted by Crippen LogP contribution is -2.34. The molecule has 0 saturated carbocycles. The zero-order valence-electron chi connectivity index (χ0n) is 19.7. The van der Waals surface area contributed by atoms with E-state index in [0.717, 1.165) is 45.1 Å². The van der Waals surface area contributed by atoms with Crippen molar-refractivity contribution in [2.24, 2.45) is 0 Å². The number of hydrogen-bond donors (Lipinski definition) is 0. The average Bonchev–Trinajstić information content (AvgIpc) is 3.28. The number of thioether (sulfide) groups is 1. The molecule has 4 rings (SSSR count). The van der Waals surface area contributed by atoms with Gasteiger partial charge < -0.3 is 18.8 Å². The monoisotopic (exact) mass is 492 g/mol. The van der Waals surface area contributed by atoms with Gasteiger partial charge in [-0.25, -0.2) is 0 Å². The molecule has 0 atom stereocenters. The maximum atomic E-state index is 12.6. The van der Waals surface area contributed by atoms with Crippen molar-refractivity contribution in [2.75, 3.05) is 20.8 Å². The van der Waals surface area contributed by atoms with Crippen LogP contribution in [0.5, 0.6) is 17.2 Å². The summed E-state index contributed by atoms with van der Waals surface area (Å²) < 4.78 is 17.7. The third-order valence-electron chi connectivity index (χ3n) is 5.54. The Morgan fingerprint density at radius 1 is 0.943 bits per heavy atom. The molecule has 2 aromatic carbocycles. The van der Waals surface area contributed by atoms with Gasteiger partial charge in [-0.1, -0.05) is 0 Å². The summed E-state index contributed by atoms with van der Waals surface area (Å²) >= 11 is 0.811. The summed E-state index contributed by atoms with van der Waals surface area (Å²) in [6.07, 6.45) is 1.68. The van der Waals surface area contributed by atoms with Gasteiger partial charge in [0, 0.05) is 17.1 Å². The highest BCUT2D eigenvalue weighted by Gasteiger charge is 2.36. The molecule has 2 amide bonds. The lowest BCUT2D eigenvalue weighted by molar-refractivity contribution is -0.143. The Kier molecular flexibility index (Phi) is 6.97. The molecule has 180 valence electrons. The summed E-state index contributed by atoms with van der Waals surface area (Å²) in [4.78, 5) is 37.5. The Hall–Kier alpha value is -3.98. The normalized spacial score (nSPS) is 14.5. The molecule has 0 N–H and O–H groups in total. The van der Waals surface area contributed by atoms with Crippen LogP contribution in [0.1, 0.15) is 17.0 Å². The van der Waals surface area contributed by atoms with E-state index in [1.165, 1.54) is 7.11 Å². The molecule has 1 aliphatic heterocycles. The van der Waals surface area contributed by atoms with Crippen LogP contribution in [-0.4, -0.2) is 47.3 Å². The van der Waals surface area contributed by atoms with Crippen molar-refractivity contribution in [3.8, 4) is 22.9 Å². The Morgan fingerprint density at radius 3 is 2.14 bits per heavy atom. The van der Waals surface area contributed by atoms with Crippen LogP contribution in [0, 0.1) is 13.8 Å². The van der Waals surface area contributed by atoms with E-state index in [4.69, 9.17) is 9.47 Å². The summed E-state index contributed by atoms with van der Waals surface area (Å²) in [5, 5.41) is -0.493. The first kappa shape index (κ1) is 24.2. The first-order valence-corrected chi connectivity index (χ1v) is 11.6. The van der Waals surface area contributed by atoms with Crippen LogP contribution in [0.25, 0.3) is 11.8 Å². The van der Waals surface area contributed by atoms with E-state index in [0.29, 0.717) is 11.5 Å². The minimum absolute atomic E-state index is 0.266. The van der Waals surface area contributed by atoms with E-state index in [9.17, 15) is 14.4 Å². The molecule has 2 heterocycles. The number of benzene rings is 2. The molecule has 8 nitrogen and oxygen atoms in total. The largest absolute Gasteiger partial charge is 0.497 e. The first-order valence-electron chi connectivity index (χ1n) is 10.7. The van der Waals surface area contributed by atoms with Crippen LogP contribution in [0.3, 0.4) is 0 Å². The van der Waals surface area contributed by atoms with Crippen LogP contribution in [0.2, 0.25) is 0 Å². The molecular formula is C26H24N2O6S. The highest BCUT2D eigenvalue weighted by atomic mass is 32.2. The number of carbonyl (C=O) groups is 3. The Labute approximate surface area is 207 Å². The number of nitrogens with zero attached hydrogens (tertiary/aromatic N) is 2. The molecule has 1 fully saturated rings. The van der Waals surface area contributed by atoms with Crippen LogP contribution in [-0.2, 0) is 14.3 Å². The van der Waals surface area contributed by atoms with Gasteiger partial charge in [-0.15, -0.1) is 0 Å². The van der Waals surface area contributed by atoms with Crippen LogP contribution in [0.15, 0.2) is 59.5 Å². The number of hydrogen-bond acceptors (Lipinski definition) is 7. The quantitative estimate of drug-likeness (QED) is 0.335. The zero-order chi connectivity index (χ0) is 25.1. The molecule has 0 spiro atoms. The summed E-state index contributed by atoms with van der Waals surface area (Å²) in [5.41, 5.74) is 3.61. The van der Waals surface area contributed by atoms with Gasteiger partial charge in [-0.2, -0.15) is 0 Å². The number of imide groups is 1. The van der Waals surface area contributed by atoms with Gasteiger partial charge in [-0.05, 0) is 91.8 Å². The number of methoxy groups -OCH3 is 2. The molecule has 0 unspecified atom stereocenters. The van der Waals surface area contributed by atoms with E-state index >= 15 is 0 Å². The van der Waals surface area contributed by atoms with Crippen molar-refractivity contribution in [1.82, 2.24) is 9.47 Å². The topological polar surface area (TPSA) is 87.1 Å². The van der Waals surface area contributed by atoms with Gasteiger partial charge in [0.25, 0.3) is 11.1 Å². The Morgan fingerprint density at radius 2 is 1.54 bits per heavy atom. The summed E-state index contributed by atoms with van der Waals surface area (Å²) in [5.74, 6) is 1.01. The average molecular weight is 493 g/mol.